The highest BCUT2D eigenvalue weighted by atomic mass is 16.5. The van der Waals surface area contributed by atoms with Crippen molar-refractivity contribution in [3.8, 4) is 0 Å². The lowest BCUT2D eigenvalue weighted by Gasteiger charge is -2.28. The Balaban J connectivity index is 1.68. The molecule has 0 N–H and O–H groups in total. The predicted molar refractivity (Wildman–Crippen MR) is 80.3 cm³/mol. The first-order valence-corrected chi connectivity index (χ1v) is 7.90. The number of amides is 1. The van der Waals surface area contributed by atoms with E-state index in [2.05, 4.69) is 0 Å². The van der Waals surface area contributed by atoms with E-state index in [4.69, 9.17) is 9.47 Å². The topological polar surface area (TPSA) is 38.8 Å². The molecule has 0 radical (unpaired) electrons. The Morgan fingerprint density at radius 2 is 1.57 bits per heavy atom. The molecule has 1 amide bonds. The largest absolute Gasteiger partial charge is 0.376 e. The molecule has 2 heterocycles. The Kier molecular flexibility index (Phi) is 4.88. The van der Waals surface area contributed by atoms with Crippen molar-refractivity contribution in [2.24, 2.45) is 0 Å². The van der Waals surface area contributed by atoms with Crippen LogP contribution < -0.4 is 0 Å². The van der Waals surface area contributed by atoms with Gasteiger partial charge in [0.2, 0.25) is 0 Å². The van der Waals surface area contributed by atoms with Crippen LogP contribution in [0, 0.1) is 0 Å². The number of hydrogen-bond acceptors (Lipinski definition) is 3. The van der Waals surface area contributed by atoms with E-state index in [9.17, 15) is 4.79 Å². The van der Waals surface area contributed by atoms with Gasteiger partial charge in [-0.15, -0.1) is 0 Å². The summed E-state index contributed by atoms with van der Waals surface area (Å²) in [5, 5.41) is 0. The fourth-order valence-corrected chi connectivity index (χ4v) is 3.07. The first-order valence-electron chi connectivity index (χ1n) is 7.90. The van der Waals surface area contributed by atoms with E-state index in [0.717, 1.165) is 44.5 Å². The highest BCUT2D eigenvalue weighted by Crippen LogP contribution is 2.19. The van der Waals surface area contributed by atoms with Gasteiger partial charge in [0, 0.05) is 31.9 Å². The summed E-state index contributed by atoms with van der Waals surface area (Å²) in [6.07, 6.45) is 4.64. The van der Waals surface area contributed by atoms with Crippen molar-refractivity contribution >= 4 is 5.91 Å². The zero-order valence-electron chi connectivity index (χ0n) is 12.4. The van der Waals surface area contributed by atoms with Crippen molar-refractivity contribution in [3.63, 3.8) is 0 Å². The molecule has 21 heavy (non-hydrogen) atoms. The maximum atomic E-state index is 12.7. The molecule has 4 nitrogen and oxygen atoms in total. The van der Waals surface area contributed by atoms with Crippen LogP contribution in [0.4, 0.5) is 0 Å². The number of rotatable bonds is 5. The fraction of sp³-hybridized carbons (Fsp3) is 0.588. The van der Waals surface area contributed by atoms with Gasteiger partial charge in [-0.25, -0.2) is 0 Å². The summed E-state index contributed by atoms with van der Waals surface area (Å²) in [6.45, 7) is 2.98. The summed E-state index contributed by atoms with van der Waals surface area (Å²) in [5.41, 5.74) is 0.744. The summed E-state index contributed by atoms with van der Waals surface area (Å²) in [6, 6.07) is 9.50. The van der Waals surface area contributed by atoms with Gasteiger partial charge in [0.05, 0.1) is 12.2 Å². The van der Waals surface area contributed by atoms with Crippen LogP contribution in [0.2, 0.25) is 0 Å². The van der Waals surface area contributed by atoms with Crippen LogP contribution in [0.3, 0.4) is 0 Å². The van der Waals surface area contributed by atoms with Crippen LogP contribution >= 0.6 is 0 Å². The van der Waals surface area contributed by atoms with E-state index in [1.807, 2.05) is 35.2 Å². The summed E-state index contributed by atoms with van der Waals surface area (Å²) in [4.78, 5) is 14.7. The normalized spacial score (nSPS) is 25.1. The third kappa shape index (κ3) is 3.83. The monoisotopic (exact) mass is 289 g/mol. The number of hydrogen-bond donors (Lipinski definition) is 0. The number of carbonyl (C=O) groups excluding carboxylic acids is 1. The van der Waals surface area contributed by atoms with Crippen LogP contribution in [-0.2, 0) is 9.47 Å². The standard InChI is InChI=1S/C17H23NO3/c19-17(14-6-2-1-3-7-14)18(12-15-8-4-10-20-15)13-16-9-5-11-21-16/h1-3,6-7,15-16H,4-5,8-13H2/t15-,16+. The van der Waals surface area contributed by atoms with E-state index >= 15 is 0 Å². The molecule has 0 aliphatic carbocycles. The molecule has 0 aromatic heterocycles. The Hall–Kier alpha value is -1.39. The SMILES string of the molecule is O=C(c1ccccc1)N(C[C@H]1CCCO1)C[C@@H]1CCCO1. The van der Waals surface area contributed by atoms with Gasteiger partial charge in [0.25, 0.3) is 5.91 Å². The van der Waals surface area contributed by atoms with Crippen LogP contribution in [0.1, 0.15) is 36.0 Å². The van der Waals surface area contributed by atoms with Crippen molar-refractivity contribution < 1.29 is 14.3 Å². The van der Waals surface area contributed by atoms with Gasteiger partial charge in [-0.1, -0.05) is 18.2 Å². The molecule has 0 spiro atoms. The molecule has 2 aliphatic heterocycles. The molecule has 2 aliphatic rings. The lowest BCUT2D eigenvalue weighted by molar-refractivity contribution is 0.0307. The number of benzene rings is 1. The molecule has 0 bridgehead atoms. The lowest BCUT2D eigenvalue weighted by atomic mass is 10.1. The minimum absolute atomic E-state index is 0.0848. The zero-order valence-corrected chi connectivity index (χ0v) is 12.4. The fourth-order valence-electron chi connectivity index (χ4n) is 3.07. The van der Waals surface area contributed by atoms with Crippen molar-refractivity contribution in [2.45, 2.75) is 37.9 Å². The minimum atomic E-state index is 0.0848. The van der Waals surface area contributed by atoms with Crippen molar-refractivity contribution in [3.05, 3.63) is 35.9 Å². The first kappa shape index (κ1) is 14.5. The molecule has 3 rings (SSSR count). The smallest absolute Gasteiger partial charge is 0.254 e. The second kappa shape index (κ2) is 7.05. The number of carbonyl (C=O) groups is 1. The predicted octanol–water partition coefficient (Wildman–Crippen LogP) is 2.49. The average Bonchev–Trinajstić information content (AvgIpc) is 3.20. The maximum absolute atomic E-state index is 12.7. The summed E-state index contributed by atoms with van der Waals surface area (Å²) >= 11 is 0. The van der Waals surface area contributed by atoms with Gasteiger partial charge in [-0.05, 0) is 37.8 Å². The lowest BCUT2D eigenvalue weighted by Crippen LogP contribution is -2.41. The highest BCUT2D eigenvalue weighted by Gasteiger charge is 2.27. The number of ether oxygens (including phenoxy) is 2. The molecular formula is C17H23NO3. The van der Waals surface area contributed by atoms with Crippen molar-refractivity contribution in [1.29, 1.82) is 0 Å². The molecule has 114 valence electrons. The average molecular weight is 289 g/mol. The number of nitrogens with zero attached hydrogens (tertiary/aromatic N) is 1. The van der Waals surface area contributed by atoms with Crippen LogP contribution in [-0.4, -0.2) is 49.3 Å². The van der Waals surface area contributed by atoms with E-state index < -0.39 is 0 Å². The third-order valence-corrected chi connectivity index (χ3v) is 4.20. The highest BCUT2D eigenvalue weighted by molar-refractivity contribution is 5.94. The second-order valence-corrected chi connectivity index (χ2v) is 5.85. The molecular weight excluding hydrogens is 266 g/mol. The van der Waals surface area contributed by atoms with Crippen molar-refractivity contribution in [2.75, 3.05) is 26.3 Å². The summed E-state index contributed by atoms with van der Waals surface area (Å²) in [5.74, 6) is 0.0848. The van der Waals surface area contributed by atoms with Crippen LogP contribution in [0.25, 0.3) is 0 Å². The molecule has 0 saturated carbocycles. The quantitative estimate of drug-likeness (QED) is 0.836. The van der Waals surface area contributed by atoms with Gasteiger partial charge in [-0.2, -0.15) is 0 Å². The van der Waals surface area contributed by atoms with Crippen LogP contribution in [0.5, 0.6) is 0 Å². The van der Waals surface area contributed by atoms with Gasteiger partial charge in [0.1, 0.15) is 0 Å². The molecule has 0 unspecified atom stereocenters. The Labute approximate surface area is 126 Å². The molecule has 1 aromatic rings. The van der Waals surface area contributed by atoms with Crippen molar-refractivity contribution in [1.82, 2.24) is 4.90 Å². The maximum Gasteiger partial charge on any atom is 0.254 e. The summed E-state index contributed by atoms with van der Waals surface area (Å²) < 4.78 is 11.4. The molecule has 2 saturated heterocycles. The Morgan fingerprint density at radius 3 is 2.05 bits per heavy atom. The van der Waals surface area contributed by atoms with Crippen LogP contribution in [0.15, 0.2) is 30.3 Å². The minimum Gasteiger partial charge on any atom is -0.376 e. The third-order valence-electron chi connectivity index (χ3n) is 4.20. The van der Waals surface area contributed by atoms with Gasteiger partial charge in [0.15, 0.2) is 0 Å². The van der Waals surface area contributed by atoms with E-state index in [0.29, 0.717) is 13.1 Å². The molecule has 4 heteroatoms. The van der Waals surface area contributed by atoms with Gasteiger partial charge >= 0.3 is 0 Å². The second-order valence-electron chi connectivity index (χ2n) is 5.85. The van der Waals surface area contributed by atoms with Gasteiger partial charge in [-0.3, -0.25) is 4.79 Å². The van der Waals surface area contributed by atoms with E-state index in [-0.39, 0.29) is 18.1 Å². The van der Waals surface area contributed by atoms with Gasteiger partial charge < -0.3 is 14.4 Å². The zero-order chi connectivity index (χ0) is 14.5. The summed E-state index contributed by atoms with van der Waals surface area (Å²) in [7, 11) is 0. The first-order chi connectivity index (χ1) is 10.3. The molecule has 1 aromatic carbocycles. The molecule has 2 fully saturated rings. The Bertz CT molecular complexity index is 432. The van der Waals surface area contributed by atoms with E-state index in [1.54, 1.807) is 0 Å². The Morgan fingerprint density at radius 1 is 1.00 bits per heavy atom. The molecule has 2 atom stereocenters. The van der Waals surface area contributed by atoms with E-state index in [1.165, 1.54) is 0 Å².